The van der Waals surface area contributed by atoms with Gasteiger partial charge >= 0.3 is 0 Å². The van der Waals surface area contributed by atoms with E-state index in [1.807, 2.05) is 74.5 Å². The Kier molecular flexibility index (Phi) is 11.2. The Morgan fingerprint density at radius 2 is 1.51 bits per heavy atom. The summed E-state index contributed by atoms with van der Waals surface area (Å²) in [4.78, 5) is 29.3. The van der Waals surface area contributed by atoms with Crippen LogP contribution in [-0.2, 0) is 32.6 Å². The molecular weight excluding hydrogens is 542 g/mol. The first-order valence-corrected chi connectivity index (χ1v) is 15.3. The number of carbonyl (C=O) groups excluding carboxylic acids is 2. The Morgan fingerprint density at radius 1 is 0.902 bits per heavy atom. The molecule has 0 aliphatic rings. The van der Waals surface area contributed by atoms with E-state index in [1.54, 1.807) is 12.1 Å². The van der Waals surface area contributed by atoms with Crippen LogP contribution in [0.4, 0.5) is 5.69 Å². The number of amides is 2. The minimum atomic E-state index is -3.93. The third-order valence-electron chi connectivity index (χ3n) is 6.80. The minimum Gasteiger partial charge on any atom is -0.497 e. The molecule has 2 atom stereocenters. The highest BCUT2D eigenvalue weighted by Crippen LogP contribution is 2.33. The third kappa shape index (κ3) is 8.72. The lowest BCUT2D eigenvalue weighted by molar-refractivity contribution is -0.140. The summed E-state index contributed by atoms with van der Waals surface area (Å²) in [6, 6.07) is 22.5. The molecule has 0 aliphatic carbocycles. The number of hydrogen-bond donors (Lipinski definition) is 1. The predicted molar refractivity (Wildman–Crippen MR) is 161 cm³/mol. The summed E-state index contributed by atoms with van der Waals surface area (Å²) in [5, 5.41) is 3.02. The van der Waals surface area contributed by atoms with E-state index in [0.29, 0.717) is 5.75 Å². The number of nitrogens with one attached hydrogen (secondary N) is 1. The van der Waals surface area contributed by atoms with Crippen molar-refractivity contribution >= 4 is 27.5 Å². The zero-order valence-electron chi connectivity index (χ0n) is 24.2. The van der Waals surface area contributed by atoms with Crippen molar-refractivity contribution in [2.24, 2.45) is 0 Å². The summed E-state index contributed by atoms with van der Waals surface area (Å²) in [5.41, 5.74) is 1.87. The van der Waals surface area contributed by atoms with E-state index >= 15 is 0 Å². The van der Waals surface area contributed by atoms with Gasteiger partial charge in [-0.15, -0.1) is 0 Å². The first-order valence-electron chi connectivity index (χ1n) is 13.4. The molecular formula is C31H39N3O6S. The SMILES string of the molecule is CC[C@@H](C)NC(=O)[C@H](Cc1ccccc1)N(Cc1ccccc1)C(=O)CN(c1ccc(OC)cc1OC)S(C)(=O)=O. The van der Waals surface area contributed by atoms with Crippen molar-refractivity contribution in [2.75, 3.05) is 31.3 Å². The fourth-order valence-electron chi connectivity index (χ4n) is 4.36. The topological polar surface area (TPSA) is 105 Å². The maximum atomic E-state index is 14.2. The largest absolute Gasteiger partial charge is 0.497 e. The van der Waals surface area contributed by atoms with Crippen molar-refractivity contribution in [1.82, 2.24) is 10.2 Å². The molecule has 0 bridgehead atoms. The summed E-state index contributed by atoms with van der Waals surface area (Å²) in [6.45, 7) is 3.46. The van der Waals surface area contributed by atoms with E-state index in [9.17, 15) is 18.0 Å². The Bertz CT molecular complexity index is 1400. The highest BCUT2D eigenvalue weighted by atomic mass is 32.2. The van der Waals surface area contributed by atoms with Crippen LogP contribution < -0.4 is 19.1 Å². The van der Waals surface area contributed by atoms with Gasteiger partial charge in [-0.05, 0) is 36.6 Å². The number of ether oxygens (including phenoxy) is 2. The Balaban J connectivity index is 2.08. The van der Waals surface area contributed by atoms with Crippen LogP contribution in [0.1, 0.15) is 31.4 Å². The molecule has 10 heteroatoms. The van der Waals surface area contributed by atoms with Crippen LogP contribution >= 0.6 is 0 Å². The van der Waals surface area contributed by atoms with Gasteiger partial charge in [0.2, 0.25) is 21.8 Å². The normalized spacial score (nSPS) is 12.6. The average molecular weight is 582 g/mol. The summed E-state index contributed by atoms with van der Waals surface area (Å²) in [7, 11) is -1.03. The second-order valence-corrected chi connectivity index (χ2v) is 11.7. The summed E-state index contributed by atoms with van der Waals surface area (Å²) >= 11 is 0. The van der Waals surface area contributed by atoms with Gasteiger partial charge in [-0.25, -0.2) is 8.42 Å². The predicted octanol–water partition coefficient (Wildman–Crippen LogP) is 4.02. The molecule has 1 N–H and O–H groups in total. The first-order chi connectivity index (χ1) is 19.6. The summed E-state index contributed by atoms with van der Waals surface area (Å²) in [6.07, 6.45) is 2.00. The van der Waals surface area contributed by atoms with Gasteiger partial charge in [0.1, 0.15) is 24.1 Å². The van der Waals surface area contributed by atoms with E-state index in [-0.39, 0.29) is 36.4 Å². The van der Waals surface area contributed by atoms with Crippen LogP contribution in [0.2, 0.25) is 0 Å². The number of carbonyl (C=O) groups is 2. The molecule has 0 saturated carbocycles. The van der Waals surface area contributed by atoms with E-state index in [0.717, 1.165) is 28.1 Å². The van der Waals surface area contributed by atoms with Crippen molar-refractivity contribution in [1.29, 1.82) is 0 Å². The third-order valence-corrected chi connectivity index (χ3v) is 7.93. The van der Waals surface area contributed by atoms with E-state index in [4.69, 9.17) is 9.47 Å². The number of sulfonamides is 1. The maximum Gasteiger partial charge on any atom is 0.244 e. The summed E-state index contributed by atoms with van der Waals surface area (Å²) in [5.74, 6) is -0.133. The molecule has 3 rings (SSSR count). The number of benzene rings is 3. The lowest BCUT2D eigenvalue weighted by Gasteiger charge is -2.34. The minimum absolute atomic E-state index is 0.106. The lowest BCUT2D eigenvalue weighted by atomic mass is 10.0. The first kappa shape index (κ1) is 31.5. The molecule has 9 nitrogen and oxygen atoms in total. The fraction of sp³-hybridized carbons (Fsp3) is 0.355. The number of anilines is 1. The quantitative estimate of drug-likeness (QED) is 0.308. The van der Waals surface area contributed by atoms with Crippen molar-refractivity contribution in [2.45, 2.75) is 45.3 Å². The molecule has 0 aliphatic heterocycles. The van der Waals surface area contributed by atoms with Crippen molar-refractivity contribution in [3.8, 4) is 11.5 Å². The number of hydrogen-bond acceptors (Lipinski definition) is 6. The van der Waals surface area contributed by atoms with Gasteiger partial charge in [-0.1, -0.05) is 67.6 Å². The average Bonchev–Trinajstić information content (AvgIpc) is 2.97. The maximum absolute atomic E-state index is 14.2. The summed E-state index contributed by atoms with van der Waals surface area (Å²) < 4.78 is 37.8. The zero-order chi connectivity index (χ0) is 30.0. The van der Waals surface area contributed by atoms with Gasteiger partial charge in [-0.3, -0.25) is 13.9 Å². The molecule has 0 saturated heterocycles. The number of nitrogens with zero attached hydrogens (tertiary/aromatic N) is 2. The molecule has 0 spiro atoms. The zero-order valence-corrected chi connectivity index (χ0v) is 25.1. The van der Waals surface area contributed by atoms with Crippen LogP contribution in [0.3, 0.4) is 0 Å². The molecule has 2 amide bonds. The molecule has 0 radical (unpaired) electrons. The molecule has 41 heavy (non-hydrogen) atoms. The van der Waals surface area contributed by atoms with Crippen LogP contribution in [0.15, 0.2) is 78.9 Å². The van der Waals surface area contributed by atoms with Gasteiger partial charge in [-0.2, -0.15) is 0 Å². The van der Waals surface area contributed by atoms with Gasteiger partial charge in [0, 0.05) is 25.1 Å². The lowest BCUT2D eigenvalue weighted by Crippen LogP contribution is -2.54. The van der Waals surface area contributed by atoms with Crippen LogP contribution in [0.25, 0.3) is 0 Å². The molecule has 220 valence electrons. The Hall–Kier alpha value is -4.05. The second kappa shape index (κ2) is 14.5. The second-order valence-electron chi connectivity index (χ2n) is 9.84. The van der Waals surface area contributed by atoms with Crippen molar-refractivity contribution in [3.05, 3.63) is 90.0 Å². The molecule has 0 heterocycles. The fourth-order valence-corrected chi connectivity index (χ4v) is 5.21. The van der Waals surface area contributed by atoms with Crippen LogP contribution in [0.5, 0.6) is 11.5 Å². The van der Waals surface area contributed by atoms with Crippen LogP contribution in [-0.4, -0.2) is 64.2 Å². The van der Waals surface area contributed by atoms with E-state index in [2.05, 4.69) is 5.32 Å². The van der Waals surface area contributed by atoms with Gasteiger partial charge in [0.15, 0.2) is 0 Å². The van der Waals surface area contributed by atoms with E-state index in [1.165, 1.54) is 25.2 Å². The Labute approximate surface area is 243 Å². The van der Waals surface area contributed by atoms with Crippen molar-refractivity contribution in [3.63, 3.8) is 0 Å². The van der Waals surface area contributed by atoms with Gasteiger partial charge in [0.05, 0.1) is 26.2 Å². The van der Waals surface area contributed by atoms with Crippen molar-refractivity contribution < 1.29 is 27.5 Å². The smallest absolute Gasteiger partial charge is 0.244 e. The number of rotatable bonds is 14. The van der Waals surface area contributed by atoms with E-state index < -0.39 is 28.5 Å². The molecule has 0 unspecified atom stereocenters. The molecule has 3 aromatic rings. The molecule has 3 aromatic carbocycles. The highest BCUT2D eigenvalue weighted by molar-refractivity contribution is 7.92. The number of methoxy groups -OCH3 is 2. The monoisotopic (exact) mass is 581 g/mol. The van der Waals surface area contributed by atoms with Crippen LogP contribution in [0, 0.1) is 0 Å². The standard InChI is InChI=1S/C31H39N3O6S/c1-6-23(2)32-31(36)28(19-24-13-9-7-10-14-24)33(21-25-15-11-8-12-16-25)30(35)22-34(41(5,37)38)27-18-17-26(39-3)20-29(27)40-4/h7-18,20,23,28H,6,19,21-22H2,1-5H3,(H,32,36)/t23-,28+/m1/s1. The molecule has 0 fully saturated rings. The molecule has 0 aromatic heterocycles. The van der Waals surface area contributed by atoms with Gasteiger partial charge in [0.25, 0.3) is 0 Å². The van der Waals surface area contributed by atoms with Gasteiger partial charge < -0.3 is 19.7 Å². The highest BCUT2D eigenvalue weighted by Gasteiger charge is 2.34. The Morgan fingerprint density at radius 3 is 2.05 bits per heavy atom.